The number of carboxylic acid groups (broad SMARTS) is 1. The number of hydrogen-bond donors (Lipinski definition) is 1. The van der Waals surface area contributed by atoms with E-state index >= 15 is 0 Å². The van der Waals surface area contributed by atoms with Gasteiger partial charge in [-0.15, -0.1) is 0 Å². The Bertz CT molecular complexity index is 328. The van der Waals surface area contributed by atoms with Crippen molar-refractivity contribution in [1.29, 1.82) is 0 Å². The molecule has 0 aliphatic heterocycles. The Labute approximate surface area is 154 Å². The molecule has 0 aromatic carbocycles. The number of esters is 1. The molecule has 0 aromatic heterocycles. The van der Waals surface area contributed by atoms with Gasteiger partial charge in [0.25, 0.3) is 0 Å². The van der Waals surface area contributed by atoms with Crippen molar-refractivity contribution in [1.82, 2.24) is 0 Å². The zero-order valence-electron chi connectivity index (χ0n) is 16.6. The summed E-state index contributed by atoms with van der Waals surface area (Å²) in [6.07, 6.45) is 15.0. The monoisotopic (exact) mass is 356 g/mol. The summed E-state index contributed by atoms with van der Waals surface area (Å²) in [5.74, 6) is -0.239. The molecule has 0 saturated heterocycles. The van der Waals surface area contributed by atoms with E-state index in [4.69, 9.17) is 9.84 Å². The zero-order chi connectivity index (χ0) is 18.8. The third-order valence-electron chi connectivity index (χ3n) is 4.72. The molecule has 0 amide bonds. The van der Waals surface area contributed by atoms with Gasteiger partial charge in [-0.25, -0.2) is 0 Å². The summed E-state index contributed by atoms with van der Waals surface area (Å²) >= 11 is 0. The van der Waals surface area contributed by atoms with Crippen LogP contribution in [0.3, 0.4) is 0 Å². The van der Waals surface area contributed by atoms with E-state index in [-0.39, 0.29) is 12.4 Å². The lowest BCUT2D eigenvalue weighted by molar-refractivity contribution is -0.144. The van der Waals surface area contributed by atoms with Crippen molar-refractivity contribution in [3.63, 3.8) is 0 Å². The maximum atomic E-state index is 11.8. The van der Waals surface area contributed by atoms with Crippen LogP contribution >= 0.6 is 0 Å². The Hall–Kier alpha value is -1.06. The number of aliphatic carboxylic acids is 1. The van der Waals surface area contributed by atoms with Gasteiger partial charge in [-0.1, -0.05) is 65.2 Å². The van der Waals surface area contributed by atoms with Gasteiger partial charge in [-0.05, 0) is 38.0 Å². The van der Waals surface area contributed by atoms with Crippen molar-refractivity contribution >= 4 is 11.9 Å². The van der Waals surface area contributed by atoms with E-state index in [1.54, 1.807) is 0 Å². The van der Waals surface area contributed by atoms with Gasteiger partial charge in [0.2, 0.25) is 0 Å². The van der Waals surface area contributed by atoms with Gasteiger partial charge in [-0.3, -0.25) is 9.59 Å². The number of unbranched alkanes of at least 4 members (excludes halogenated alkanes) is 6. The highest BCUT2D eigenvalue weighted by Gasteiger charge is 2.11. The molecular weight excluding hydrogens is 316 g/mol. The van der Waals surface area contributed by atoms with Crippen LogP contribution in [-0.2, 0) is 14.3 Å². The fraction of sp³-hybridized carbons (Fsp3) is 0.905. The SMILES string of the molecule is CCCCCCOC(=O)CCCC(CCCCCC)CCCC(=O)O. The van der Waals surface area contributed by atoms with Gasteiger partial charge in [0.15, 0.2) is 0 Å². The maximum absolute atomic E-state index is 11.8. The normalized spacial score (nSPS) is 12.1. The summed E-state index contributed by atoms with van der Waals surface area (Å²) in [6, 6.07) is 0. The molecular formula is C21H40O4. The van der Waals surface area contributed by atoms with Crippen molar-refractivity contribution in [2.24, 2.45) is 5.92 Å². The van der Waals surface area contributed by atoms with E-state index in [2.05, 4.69) is 13.8 Å². The van der Waals surface area contributed by atoms with E-state index in [0.29, 0.717) is 18.9 Å². The van der Waals surface area contributed by atoms with Crippen molar-refractivity contribution in [3.8, 4) is 0 Å². The Morgan fingerprint density at radius 3 is 1.92 bits per heavy atom. The van der Waals surface area contributed by atoms with Crippen molar-refractivity contribution < 1.29 is 19.4 Å². The number of ether oxygens (including phenoxy) is 1. The minimum absolute atomic E-state index is 0.0771. The van der Waals surface area contributed by atoms with Crippen molar-refractivity contribution in [3.05, 3.63) is 0 Å². The van der Waals surface area contributed by atoms with E-state index in [9.17, 15) is 9.59 Å². The third-order valence-corrected chi connectivity index (χ3v) is 4.72. The maximum Gasteiger partial charge on any atom is 0.305 e. The molecule has 25 heavy (non-hydrogen) atoms. The van der Waals surface area contributed by atoms with Gasteiger partial charge in [0.1, 0.15) is 0 Å². The quantitative estimate of drug-likeness (QED) is 0.237. The first-order valence-electron chi connectivity index (χ1n) is 10.5. The molecule has 1 N–H and O–H groups in total. The molecule has 0 bridgehead atoms. The molecule has 0 radical (unpaired) electrons. The third kappa shape index (κ3) is 17.6. The van der Waals surface area contributed by atoms with Gasteiger partial charge < -0.3 is 9.84 Å². The Morgan fingerprint density at radius 2 is 1.32 bits per heavy atom. The predicted octanol–water partition coefficient (Wildman–Crippen LogP) is 6.12. The molecule has 0 heterocycles. The second-order valence-corrected chi connectivity index (χ2v) is 7.17. The minimum Gasteiger partial charge on any atom is -0.481 e. The highest BCUT2D eigenvalue weighted by molar-refractivity contribution is 5.69. The molecule has 0 aliphatic rings. The van der Waals surface area contributed by atoms with Crippen molar-refractivity contribution in [2.75, 3.05) is 6.61 Å². The predicted molar refractivity (Wildman–Crippen MR) is 103 cm³/mol. The zero-order valence-corrected chi connectivity index (χ0v) is 16.6. The van der Waals surface area contributed by atoms with E-state index in [1.807, 2.05) is 0 Å². The molecule has 148 valence electrons. The standard InChI is InChI=1S/C21H40O4/c1-3-5-7-9-13-19(14-11-16-20(22)23)15-12-17-21(24)25-18-10-8-6-4-2/h19H,3-18H2,1-2H3,(H,22,23). The lowest BCUT2D eigenvalue weighted by atomic mass is 9.90. The highest BCUT2D eigenvalue weighted by atomic mass is 16.5. The second-order valence-electron chi connectivity index (χ2n) is 7.17. The van der Waals surface area contributed by atoms with Crippen LogP contribution < -0.4 is 0 Å². The molecule has 0 saturated carbocycles. The van der Waals surface area contributed by atoms with Crippen LogP contribution in [-0.4, -0.2) is 23.7 Å². The van der Waals surface area contributed by atoms with Gasteiger partial charge in [-0.2, -0.15) is 0 Å². The van der Waals surface area contributed by atoms with Crippen LogP contribution in [0.25, 0.3) is 0 Å². The Balaban J connectivity index is 3.88. The largest absolute Gasteiger partial charge is 0.481 e. The van der Waals surface area contributed by atoms with E-state index in [0.717, 1.165) is 44.9 Å². The summed E-state index contributed by atoms with van der Waals surface area (Å²) < 4.78 is 5.28. The summed E-state index contributed by atoms with van der Waals surface area (Å²) in [7, 11) is 0. The average Bonchev–Trinajstić information content (AvgIpc) is 2.57. The Kier molecular flexibility index (Phi) is 17.0. The van der Waals surface area contributed by atoms with Crippen LogP contribution in [0.2, 0.25) is 0 Å². The molecule has 1 unspecified atom stereocenters. The molecule has 0 spiro atoms. The van der Waals surface area contributed by atoms with Crippen LogP contribution in [0.15, 0.2) is 0 Å². The number of carbonyl (C=O) groups excluding carboxylic acids is 1. The van der Waals surface area contributed by atoms with E-state index < -0.39 is 5.97 Å². The first kappa shape index (κ1) is 23.9. The lowest BCUT2D eigenvalue weighted by Crippen LogP contribution is -2.08. The average molecular weight is 357 g/mol. The first-order chi connectivity index (χ1) is 12.1. The van der Waals surface area contributed by atoms with Gasteiger partial charge in [0, 0.05) is 12.8 Å². The summed E-state index contributed by atoms with van der Waals surface area (Å²) in [5.41, 5.74) is 0. The molecule has 4 heteroatoms. The lowest BCUT2D eigenvalue weighted by Gasteiger charge is -2.16. The Morgan fingerprint density at radius 1 is 0.760 bits per heavy atom. The molecule has 0 rings (SSSR count). The number of hydrogen-bond acceptors (Lipinski definition) is 3. The second kappa shape index (κ2) is 17.8. The topological polar surface area (TPSA) is 63.6 Å². The summed E-state index contributed by atoms with van der Waals surface area (Å²) in [6.45, 7) is 4.93. The number of rotatable bonds is 18. The number of carboxylic acids is 1. The van der Waals surface area contributed by atoms with Crippen LogP contribution in [0.5, 0.6) is 0 Å². The fourth-order valence-corrected chi connectivity index (χ4v) is 3.16. The summed E-state index contributed by atoms with van der Waals surface area (Å²) in [4.78, 5) is 22.4. The van der Waals surface area contributed by atoms with E-state index in [1.165, 1.54) is 38.5 Å². The van der Waals surface area contributed by atoms with Crippen LogP contribution in [0.1, 0.15) is 110 Å². The van der Waals surface area contributed by atoms with Gasteiger partial charge >= 0.3 is 11.9 Å². The molecule has 1 atom stereocenters. The van der Waals surface area contributed by atoms with Crippen LogP contribution in [0, 0.1) is 5.92 Å². The van der Waals surface area contributed by atoms with Gasteiger partial charge in [0.05, 0.1) is 6.61 Å². The smallest absolute Gasteiger partial charge is 0.305 e. The summed E-state index contributed by atoms with van der Waals surface area (Å²) in [5, 5.41) is 8.80. The molecule has 0 aliphatic carbocycles. The molecule has 4 nitrogen and oxygen atoms in total. The fourth-order valence-electron chi connectivity index (χ4n) is 3.16. The van der Waals surface area contributed by atoms with Crippen LogP contribution in [0.4, 0.5) is 0 Å². The number of carbonyl (C=O) groups is 2. The highest BCUT2D eigenvalue weighted by Crippen LogP contribution is 2.23. The molecule has 0 fully saturated rings. The molecule has 0 aromatic rings. The van der Waals surface area contributed by atoms with Crippen molar-refractivity contribution in [2.45, 2.75) is 110 Å². The first-order valence-corrected chi connectivity index (χ1v) is 10.5. The minimum atomic E-state index is -0.712.